The van der Waals surface area contributed by atoms with Crippen molar-refractivity contribution in [2.24, 2.45) is 0 Å². The number of morpholine rings is 1. The molecule has 25 heavy (non-hydrogen) atoms. The third-order valence-electron chi connectivity index (χ3n) is 4.62. The highest BCUT2D eigenvalue weighted by molar-refractivity contribution is 6.25. The van der Waals surface area contributed by atoms with Crippen molar-refractivity contribution in [1.29, 1.82) is 0 Å². The number of nitrogens with zero attached hydrogens (tertiary/aromatic N) is 1. The highest BCUT2D eigenvalue weighted by Crippen LogP contribution is 2.28. The molecule has 0 aliphatic carbocycles. The number of amides is 3. The highest BCUT2D eigenvalue weighted by atomic mass is 16.5. The van der Waals surface area contributed by atoms with E-state index in [0.29, 0.717) is 29.7 Å². The van der Waals surface area contributed by atoms with Gasteiger partial charge in [0.25, 0.3) is 17.7 Å². The first-order chi connectivity index (χ1) is 12.1. The number of nitrogens with one attached hydrogen (secondary N) is 2. The molecule has 0 unspecified atom stereocenters. The van der Waals surface area contributed by atoms with Crippen molar-refractivity contribution >= 4 is 28.5 Å². The minimum absolute atomic E-state index is 0.201. The molecule has 0 spiro atoms. The number of ether oxygens (including phenoxy) is 1. The van der Waals surface area contributed by atoms with Crippen molar-refractivity contribution < 1.29 is 24.0 Å². The Morgan fingerprint density at radius 3 is 2.24 bits per heavy atom. The second-order valence-electron chi connectivity index (χ2n) is 6.23. The summed E-state index contributed by atoms with van der Waals surface area (Å²) in [6, 6.07) is 10.6. The fourth-order valence-electron chi connectivity index (χ4n) is 3.36. The summed E-state index contributed by atoms with van der Waals surface area (Å²) in [6.07, 6.45) is 0. The number of rotatable bonds is 3. The third-order valence-corrected chi connectivity index (χ3v) is 4.62. The summed E-state index contributed by atoms with van der Waals surface area (Å²) in [5.74, 6) is -1.36. The molecular formula is C18H18N3O4+. The first kappa shape index (κ1) is 15.7. The maximum absolute atomic E-state index is 12.7. The molecule has 7 nitrogen and oxygen atoms in total. The molecule has 2 aliphatic rings. The van der Waals surface area contributed by atoms with Gasteiger partial charge in [-0.2, -0.15) is 5.01 Å². The van der Waals surface area contributed by atoms with Crippen LogP contribution in [0.15, 0.2) is 36.4 Å². The largest absolute Gasteiger partial charge is 0.370 e. The van der Waals surface area contributed by atoms with E-state index >= 15 is 0 Å². The van der Waals surface area contributed by atoms with E-state index in [4.69, 9.17) is 4.74 Å². The number of benzene rings is 2. The van der Waals surface area contributed by atoms with Crippen LogP contribution in [0.25, 0.3) is 10.8 Å². The van der Waals surface area contributed by atoms with Crippen molar-refractivity contribution in [3.63, 3.8) is 0 Å². The third kappa shape index (κ3) is 2.77. The van der Waals surface area contributed by atoms with E-state index in [-0.39, 0.29) is 12.5 Å². The molecule has 0 bridgehead atoms. The molecule has 2 aromatic rings. The topological polar surface area (TPSA) is 80.2 Å². The standard InChI is InChI=1S/C18H17N3O4/c22-15(11-20-7-9-25-10-8-20)19-21-17(23)13-5-1-3-12-4-2-6-14(16(12)13)18(21)24/h1-6H,7-11H2,(H,19,22)/p+1. The Morgan fingerprint density at radius 2 is 1.64 bits per heavy atom. The zero-order valence-corrected chi connectivity index (χ0v) is 13.6. The Labute approximate surface area is 144 Å². The monoisotopic (exact) mass is 340 g/mol. The molecule has 3 amide bonds. The summed E-state index contributed by atoms with van der Waals surface area (Å²) in [4.78, 5) is 38.8. The Balaban J connectivity index is 1.58. The van der Waals surface area contributed by atoms with Crippen LogP contribution in [0.5, 0.6) is 0 Å². The molecule has 2 heterocycles. The van der Waals surface area contributed by atoms with E-state index in [1.165, 1.54) is 0 Å². The van der Waals surface area contributed by atoms with Gasteiger partial charge in [-0.3, -0.25) is 19.8 Å². The Kier molecular flexibility index (Phi) is 3.95. The summed E-state index contributed by atoms with van der Waals surface area (Å²) >= 11 is 0. The first-order valence-corrected chi connectivity index (χ1v) is 8.26. The first-order valence-electron chi connectivity index (χ1n) is 8.26. The van der Waals surface area contributed by atoms with Gasteiger partial charge in [0, 0.05) is 5.39 Å². The molecule has 1 fully saturated rings. The summed E-state index contributed by atoms with van der Waals surface area (Å²) < 4.78 is 5.27. The fraction of sp³-hybridized carbons (Fsp3) is 0.278. The lowest BCUT2D eigenvalue weighted by Gasteiger charge is -2.28. The SMILES string of the molecule is O=C(C[NH+]1CCOCC1)NN1C(=O)c2cccc3cccc(c23)C1=O. The van der Waals surface area contributed by atoms with Gasteiger partial charge >= 0.3 is 0 Å². The van der Waals surface area contributed by atoms with Crippen LogP contribution in [-0.2, 0) is 9.53 Å². The van der Waals surface area contributed by atoms with E-state index < -0.39 is 11.8 Å². The number of carbonyl (C=O) groups is 3. The van der Waals surface area contributed by atoms with Gasteiger partial charge in [-0.1, -0.05) is 24.3 Å². The van der Waals surface area contributed by atoms with Crippen LogP contribution in [0.2, 0.25) is 0 Å². The Hall–Kier alpha value is -2.77. The van der Waals surface area contributed by atoms with Crippen molar-refractivity contribution in [1.82, 2.24) is 10.4 Å². The van der Waals surface area contributed by atoms with E-state index in [0.717, 1.165) is 28.4 Å². The lowest BCUT2D eigenvalue weighted by molar-refractivity contribution is -0.900. The van der Waals surface area contributed by atoms with Gasteiger partial charge in [-0.15, -0.1) is 0 Å². The summed E-state index contributed by atoms with van der Waals surface area (Å²) in [5, 5.41) is 2.31. The molecule has 4 rings (SSSR count). The second kappa shape index (κ2) is 6.27. The van der Waals surface area contributed by atoms with Gasteiger partial charge in [0.1, 0.15) is 13.1 Å². The lowest BCUT2D eigenvalue weighted by Crippen LogP contribution is -3.15. The maximum Gasteiger partial charge on any atom is 0.294 e. The molecule has 0 aromatic heterocycles. The van der Waals surface area contributed by atoms with Crippen LogP contribution in [0.3, 0.4) is 0 Å². The van der Waals surface area contributed by atoms with E-state index in [9.17, 15) is 14.4 Å². The average molecular weight is 340 g/mol. The normalized spacial score (nSPS) is 17.8. The molecule has 0 saturated carbocycles. The smallest absolute Gasteiger partial charge is 0.294 e. The molecule has 128 valence electrons. The summed E-state index contributed by atoms with van der Waals surface area (Å²) in [5.41, 5.74) is 3.33. The second-order valence-corrected chi connectivity index (χ2v) is 6.23. The van der Waals surface area contributed by atoms with Crippen LogP contribution in [0, 0.1) is 0 Å². The Morgan fingerprint density at radius 1 is 1.04 bits per heavy atom. The Bertz CT molecular complexity index is 823. The summed E-state index contributed by atoms with van der Waals surface area (Å²) in [7, 11) is 0. The predicted octanol–water partition coefficient (Wildman–Crippen LogP) is -0.618. The van der Waals surface area contributed by atoms with Crippen LogP contribution in [-0.4, -0.2) is 55.6 Å². The van der Waals surface area contributed by atoms with Crippen molar-refractivity contribution in [3.8, 4) is 0 Å². The van der Waals surface area contributed by atoms with E-state index in [1.54, 1.807) is 24.3 Å². The number of hydrogen-bond acceptors (Lipinski definition) is 4. The lowest BCUT2D eigenvalue weighted by atomic mass is 9.95. The fourth-order valence-corrected chi connectivity index (χ4v) is 3.36. The van der Waals surface area contributed by atoms with Gasteiger partial charge < -0.3 is 9.64 Å². The predicted molar refractivity (Wildman–Crippen MR) is 89.0 cm³/mol. The maximum atomic E-state index is 12.7. The van der Waals surface area contributed by atoms with Crippen molar-refractivity contribution in [3.05, 3.63) is 47.5 Å². The van der Waals surface area contributed by atoms with Gasteiger partial charge in [0.2, 0.25) is 0 Å². The van der Waals surface area contributed by atoms with Gasteiger partial charge in [-0.25, -0.2) is 0 Å². The zero-order valence-electron chi connectivity index (χ0n) is 13.6. The van der Waals surface area contributed by atoms with Crippen LogP contribution >= 0.6 is 0 Å². The quantitative estimate of drug-likeness (QED) is 0.730. The zero-order chi connectivity index (χ0) is 17.4. The molecule has 0 radical (unpaired) electrons. The van der Waals surface area contributed by atoms with Gasteiger partial charge in [-0.05, 0) is 17.5 Å². The molecule has 2 aromatic carbocycles. The molecule has 1 saturated heterocycles. The average Bonchev–Trinajstić information content (AvgIpc) is 2.64. The number of imide groups is 1. The number of hydrogen-bond donors (Lipinski definition) is 2. The van der Waals surface area contributed by atoms with Crippen LogP contribution in [0.1, 0.15) is 20.7 Å². The van der Waals surface area contributed by atoms with Gasteiger partial charge in [0.15, 0.2) is 6.54 Å². The van der Waals surface area contributed by atoms with Crippen molar-refractivity contribution in [2.45, 2.75) is 0 Å². The van der Waals surface area contributed by atoms with E-state index in [2.05, 4.69) is 5.43 Å². The highest BCUT2D eigenvalue weighted by Gasteiger charge is 2.34. The molecule has 7 heteroatoms. The van der Waals surface area contributed by atoms with E-state index in [1.807, 2.05) is 12.1 Å². The summed E-state index contributed by atoms with van der Waals surface area (Å²) in [6.45, 7) is 2.89. The number of hydrazine groups is 1. The molecular weight excluding hydrogens is 322 g/mol. The molecule has 2 N–H and O–H groups in total. The van der Waals surface area contributed by atoms with Crippen LogP contribution < -0.4 is 10.3 Å². The van der Waals surface area contributed by atoms with Gasteiger partial charge in [0.05, 0.1) is 24.3 Å². The minimum atomic E-state index is -0.500. The minimum Gasteiger partial charge on any atom is -0.370 e. The molecule has 0 atom stereocenters. The van der Waals surface area contributed by atoms with Crippen LogP contribution in [0.4, 0.5) is 0 Å². The number of quaternary nitrogens is 1. The van der Waals surface area contributed by atoms with Crippen molar-refractivity contribution in [2.75, 3.05) is 32.8 Å². The molecule has 2 aliphatic heterocycles. The number of carbonyl (C=O) groups excluding carboxylic acids is 3.